The van der Waals surface area contributed by atoms with Crippen molar-refractivity contribution in [3.63, 3.8) is 0 Å². The van der Waals surface area contributed by atoms with Gasteiger partial charge in [-0.25, -0.2) is 4.79 Å². The molecular weight excluding hydrogens is 324 g/mol. The summed E-state index contributed by atoms with van der Waals surface area (Å²) in [4.78, 5) is 35.5. The standard InChI is InChI=1S/C18H18N2O5/c1-3-10-19-16(21)12(2)25-18(23)13-6-8-14(9-7-13)20-17(22)15-5-4-11-24-15/h3-9,11-12H,1,10H2,2H3,(H,19,21)(H,20,22). The zero-order valence-corrected chi connectivity index (χ0v) is 13.7. The van der Waals surface area contributed by atoms with Crippen LogP contribution in [0.25, 0.3) is 0 Å². The lowest BCUT2D eigenvalue weighted by Crippen LogP contribution is -2.35. The third kappa shape index (κ3) is 5.07. The van der Waals surface area contributed by atoms with Crippen LogP contribution in [-0.4, -0.2) is 30.4 Å². The second kappa shape index (κ2) is 8.49. The first-order valence-corrected chi connectivity index (χ1v) is 7.55. The molecule has 0 aliphatic carbocycles. The maximum Gasteiger partial charge on any atom is 0.338 e. The highest BCUT2D eigenvalue weighted by Gasteiger charge is 2.18. The molecule has 0 bridgehead atoms. The molecule has 25 heavy (non-hydrogen) atoms. The average molecular weight is 342 g/mol. The van der Waals surface area contributed by atoms with Crippen molar-refractivity contribution in [3.05, 3.63) is 66.6 Å². The van der Waals surface area contributed by atoms with Gasteiger partial charge in [0.1, 0.15) is 0 Å². The molecule has 0 radical (unpaired) electrons. The van der Waals surface area contributed by atoms with Crippen LogP contribution in [0.3, 0.4) is 0 Å². The molecular formula is C18H18N2O5. The number of anilines is 1. The van der Waals surface area contributed by atoms with Gasteiger partial charge in [0.25, 0.3) is 11.8 Å². The first-order valence-electron chi connectivity index (χ1n) is 7.55. The summed E-state index contributed by atoms with van der Waals surface area (Å²) in [6, 6.07) is 9.25. The van der Waals surface area contributed by atoms with Crippen molar-refractivity contribution in [1.82, 2.24) is 5.32 Å². The molecule has 0 saturated heterocycles. The Labute approximate surface area is 144 Å². The summed E-state index contributed by atoms with van der Waals surface area (Å²) in [5.74, 6) is -1.25. The molecule has 2 aromatic rings. The quantitative estimate of drug-likeness (QED) is 0.595. The number of rotatable bonds is 7. The van der Waals surface area contributed by atoms with Crippen molar-refractivity contribution in [3.8, 4) is 0 Å². The highest BCUT2D eigenvalue weighted by Crippen LogP contribution is 2.13. The molecule has 0 aliphatic rings. The van der Waals surface area contributed by atoms with Crippen LogP contribution in [0.15, 0.2) is 59.7 Å². The van der Waals surface area contributed by atoms with E-state index in [9.17, 15) is 14.4 Å². The molecule has 0 aliphatic heterocycles. The van der Waals surface area contributed by atoms with Crippen LogP contribution in [0.1, 0.15) is 27.8 Å². The molecule has 0 saturated carbocycles. The van der Waals surface area contributed by atoms with Crippen molar-refractivity contribution in [2.24, 2.45) is 0 Å². The second-order valence-corrected chi connectivity index (χ2v) is 5.09. The van der Waals surface area contributed by atoms with Gasteiger partial charge in [-0.15, -0.1) is 6.58 Å². The summed E-state index contributed by atoms with van der Waals surface area (Å²) in [5, 5.41) is 5.18. The van der Waals surface area contributed by atoms with Crippen molar-refractivity contribution in [2.45, 2.75) is 13.0 Å². The fraction of sp³-hybridized carbons (Fsp3) is 0.167. The van der Waals surface area contributed by atoms with E-state index in [-0.39, 0.29) is 11.3 Å². The van der Waals surface area contributed by atoms with Gasteiger partial charge in [-0.1, -0.05) is 6.08 Å². The van der Waals surface area contributed by atoms with Gasteiger partial charge >= 0.3 is 5.97 Å². The number of amides is 2. The van der Waals surface area contributed by atoms with Crippen molar-refractivity contribution in [2.75, 3.05) is 11.9 Å². The number of esters is 1. The SMILES string of the molecule is C=CCNC(=O)C(C)OC(=O)c1ccc(NC(=O)c2ccco2)cc1. The van der Waals surface area contributed by atoms with Gasteiger partial charge in [0.15, 0.2) is 11.9 Å². The van der Waals surface area contributed by atoms with E-state index >= 15 is 0 Å². The zero-order valence-electron chi connectivity index (χ0n) is 13.7. The van der Waals surface area contributed by atoms with E-state index in [4.69, 9.17) is 9.15 Å². The van der Waals surface area contributed by atoms with Gasteiger partial charge in [-0.05, 0) is 43.3 Å². The predicted molar refractivity (Wildman–Crippen MR) is 91.2 cm³/mol. The van der Waals surface area contributed by atoms with Gasteiger partial charge in [-0.2, -0.15) is 0 Å². The Kier molecular flexibility index (Phi) is 6.11. The predicted octanol–water partition coefficient (Wildman–Crippen LogP) is 2.38. The van der Waals surface area contributed by atoms with Crippen molar-refractivity contribution in [1.29, 1.82) is 0 Å². The molecule has 130 valence electrons. The molecule has 1 heterocycles. The third-order valence-corrected chi connectivity index (χ3v) is 3.20. The minimum absolute atomic E-state index is 0.183. The summed E-state index contributed by atoms with van der Waals surface area (Å²) >= 11 is 0. The largest absolute Gasteiger partial charge is 0.459 e. The van der Waals surface area contributed by atoms with Gasteiger partial charge in [-0.3, -0.25) is 9.59 Å². The first kappa shape index (κ1) is 18.0. The molecule has 1 unspecified atom stereocenters. The van der Waals surface area contributed by atoms with E-state index in [1.165, 1.54) is 31.4 Å². The lowest BCUT2D eigenvalue weighted by Gasteiger charge is -2.13. The molecule has 1 atom stereocenters. The summed E-state index contributed by atoms with van der Waals surface area (Å²) < 4.78 is 10.1. The number of benzene rings is 1. The average Bonchev–Trinajstić information content (AvgIpc) is 3.14. The van der Waals surface area contributed by atoms with Gasteiger partial charge in [0.2, 0.25) is 0 Å². The Hall–Kier alpha value is -3.35. The fourth-order valence-corrected chi connectivity index (χ4v) is 1.89. The first-order chi connectivity index (χ1) is 12.0. The molecule has 1 aromatic heterocycles. The maximum atomic E-state index is 12.0. The number of hydrogen-bond donors (Lipinski definition) is 2. The maximum absolute atomic E-state index is 12.0. The Morgan fingerprint density at radius 1 is 1.24 bits per heavy atom. The lowest BCUT2D eigenvalue weighted by atomic mass is 10.2. The zero-order chi connectivity index (χ0) is 18.2. The summed E-state index contributed by atoms with van der Waals surface area (Å²) in [6.45, 7) is 5.26. The van der Waals surface area contributed by atoms with Crippen LogP contribution in [0.4, 0.5) is 5.69 Å². The van der Waals surface area contributed by atoms with E-state index in [1.54, 1.807) is 24.3 Å². The van der Waals surface area contributed by atoms with E-state index in [0.29, 0.717) is 12.2 Å². The highest BCUT2D eigenvalue weighted by atomic mass is 16.5. The van der Waals surface area contributed by atoms with E-state index in [0.717, 1.165) is 0 Å². The molecule has 2 amide bonds. The molecule has 7 heteroatoms. The Bertz CT molecular complexity index is 750. The summed E-state index contributed by atoms with van der Waals surface area (Å²) in [6.07, 6.45) is 2.01. The van der Waals surface area contributed by atoms with Gasteiger partial charge in [0.05, 0.1) is 11.8 Å². The molecule has 0 fully saturated rings. The number of hydrogen-bond acceptors (Lipinski definition) is 5. The number of ether oxygens (including phenoxy) is 1. The van der Waals surface area contributed by atoms with Gasteiger partial charge in [0, 0.05) is 12.2 Å². The third-order valence-electron chi connectivity index (χ3n) is 3.20. The number of carbonyl (C=O) groups is 3. The smallest absolute Gasteiger partial charge is 0.338 e. The van der Waals surface area contributed by atoms with Gasteiger partial charge < -0.3 is 19.8 Å². The van der Waals surface area contributed by atoms with Crippen LogP contribution in [0.5, 0.6) is 0 Å². The van der Waals surface area contributed by atoms with Crippen LogP contribution in [0, 0.1) is 0 Å². The van der Waals surface area contributed by atoms with E-state index in [1.807, 2.05) is 0 Å². The summed E-state index contributed by atoms with van der Waals surface area (Å²) in [5.41, 5.74) is 0.758. The molecule has 0 spiro atoms. The van der Waals surface area contributed by atoms with Crippen LogP contribution >= 0.6 is 0 Å². The Morgan fingerprint density at radius 2 is 1.96 bits per heavy atom. The lowest BCUT2D eigenvalue weighted by molar-refractivity contribution is -0.128. The monoisotopic (exact) mass is 342 g/mol. The Balaban J connectivity index is 1.92. The normalized spacial score (nSPS) is 11.2. The summed E-state index contributed by atoms with van der Waals surface area (Å²) in [7, 11) is 0. The number of carbonyl (C=O) groups excluding carboxylic acids is 3. The van der Waals surface area contributed by atoms with E-state index < -0.39 is 23.9 Å². The topological polar surface area (TPSA) is 97.6 Å². The van der Waals surface area contributed by atoms with E-state index in [2.05, 4.69) is 17.2 Å². The number of nitrogens with one attached hydrogen (secondary N) is 2. The van der Waals surface area contributed by atoms with Crippen molar-refractivity contribution >= 4 is 23.5 Å². The van der Waals surface area contributed by atoms with Crippen molar-refractivity contribution < 1.29 is 23.5 Å². The minimum Gasteiger partial charge on any atom is -0.459 e. The van der Waals surface area contributed by atoms with Crippen LogP contribution < -0.4 is 10.6 Å². The molecule has 2 N–H and O–H groups in total. The number of furan rings is 1. The molecule has 2 rings (SSSR count). The second-order valence-electron chi connectivity index (χ2n) is 5.09. The van der Waals surface area contributed by atoms with Crippen LogP contribution in [-0.2, 0) is 9.53 Å². The molecule has 7 nitrogen and oxygen atoms in total. The Morgan fingerprint density at radius 3 is 2.56 bits per heavy atom. The highest BCUT2D eigenvalue weighted by molar-refractivity contribution is 6.02. The fourth-order valence-electron chi connectivity index (χ4n) is 1.89. The molecule has 1 aromatic carbocycles. The minimum atomic E-state index is -0.925. The van der Waals surface area contributed by atoms with Crippen LogP contribution in [0.2, 0.25) is 0 Å².